The fourth-order valence-corrected chi connectivity index (χ4v) is 2.04. The van der Waals surface area contributed by atoms with Crippen LogP contribution in [0, 0.1) is 9.39 Å². The lowest BCUT2D eigenvalue weighted by molar-refractivity contribution is -0.222. The molecule has 1 aliphatic rings. The molecular formula is C13H10FIO5. The Bertz CT molecular complexity index is 614. The van der Waals surface area contributed by atoms with Gasteiger partial charge in [0, 0.05) is 19.4 Å². The van der Waals surface area contributed by atoms with Crippen LogP contribution in [0.25, 0.3) is 6.08 Å². The molecular weight excluding hydrogens is 382 g/mol. The second-order valence-electron chi connectivity index (χ2n) is 4.54. The number of carbonyl (C=O) groups is 2. The highest BCUT2D eigenvalue weighted by molar-refractivity contribution is 14.1. The predicted molar refractivity (Wildman–Crippen MR) is 75.0 cm³/mol. The SMILES string of the molecule is CC1(C)OC(=O)C(=Cc2ccc(I)c(F)c2O)C(=O)O1. The fourth-order valence-electron chi connectivity index (χ4n) is 1.61. The summed E-state index contributed by atoms with van der Waals surface area (Å²) < 4.78 is 23.6. The number of hydrogen-bond donors (Lipinski definition) is 1. The van der Waals surface area contributed by atoms with Gasteiger partial charge in [-0.25, -0.2) is 14.0 Å². The van der Waals surface area contributed by atoms with E-state index in [2.05, 4.69) is 0 Å². The number of ether oxygens (including phenoxy) is 2. The minimum absolute atomic E-state index is 0.00785. The molecule has 0 aliphatic carbocycles. The van der Waals surface area contributed by atoms with Crippen molar-refractivity contribution in [3.8, 4) is 5.75 Å². The molecule has 1 heterocycles. The van der Waals surface area contributed by atoms with Crippen LogP contribution in [0.4, 0.5) is 4.39 Å². The molecule has 5 nitrogen and oxygen atoms in total. The molecule has 0 amide bonds. The summed E-state index contributed by atoms with van der Waals surface area (Å²) in [5.41, 5.74) is -0.410. The number of benzene rings is 1. The highest BCUT2D eigenvalue weighted by atomic mass is 127. The first kappa shape index (κ1) is 14.8. The van der Waals surface area contributed by atoms with Crippen LogP contribution in [-0.4, -0.2) is 22.8 Å². The van der Waals surface area contributed by atoms with Gasteiger partial charge in [-0.05, 0) is 40.8 Å². The van der Waals surface area contributed by atoms with Crippen LogP contribution in [0.15, 0.2) is 17.7 Å². The zero-order valence-electron chi connectivity index (χ0n) is 10.6. The first-order valence-corrected chi connectivity index (χ1v) is 6.64. The van der Waals surface area contributed by atoms with Gasteiger partial charge in [-0.2, -0.15) is 0 Å². The van der Waals surface area contributed by atoms with Crippen molar-refractivity contribution in [2.24, 2.45) is 0 Å². The minimum Gasteiger partial charge on any atom is -0.504 e. The Hall–Kier alpha value is -1.64. The maximum atomic E-state index is 13.5. The van der Waals surface area contributed by atoms with Crippen LogP contribution in [-0.2, 0) is 19.1 Å². The van der Waals surface area contributed by atoms with Crippen LogP contribution in [0.1, 0.15) is 19.4 Å². The lowest BCUT2D eigenvalue weighted by Crippen LogP contribution is -2.41. The average molecular weight is 392 g/mol. The van der Waals surface area contributed by atoms with Crippen LogP contribution < -0.4 is 0 Å². The van der Waals surface area contributed by atoms with Crippen LogP contribution in [0.3, 0.4) is 0 Å². The van der Waals surface area contributed by atoms with E-state index in [1.54, 1.807) is 22.6 Å². The van der Waals surface area contributed by atoms with E-state index < -0.39 is 34.9 Å². The summed E-state index contributed by atoms with van der Waals surface area (Å²) in [6, 6.07) is 2.79. The van der Waals surface area contributed by atoms with E-state index in [-0.39, 0.29) is 9.13 Å². The second kappa shape index (κ2) is 5.04. The second-order valence-corrected chi connectivity index (χ2v) is 5.70. The van der Waals surface area contributed by atoms with Crippen LogP contribution in [0.5, 0.6) is 5.75 Å². The Morgan fingerprint density at radius 1 is 1.25 bits per heavy atom. The van der Waals surface area contributed by atoms with Gasteiger partial charge in [0.1, 0.15) is 5.57 Å². The third kappa shape index (κ3) is 2.77. The molecule has 1 saturated heterocycles. The van der Waals surface area contributed by atoms with Crippen LogP contribution in [0.2, 0.25) is 0 Å². The molecule has 20 heavy (non-hydrogen) atoms. The number of hydrogen-bond acceptors (Lipinski definition) is 5. The number of phenolic OH excluding ortho intramolecular Hbond substituents is 1. The summed E-state index contributed by atoms with van der Waals surface area (Å²) in [4.78, 5) is 23.4. The largest absolute Gasteiger partial charge is 0.504 e. The summed E-state index contributed by atoms with van der Waals surface area (Å²) >= 11 is 1.71. The quantitative estimate of drug-likeness (QED) is 0.344. The first-order chi connectivity index (χ1) is 9.21. The topological polar surface area (TPSA) is 72.8 Å². The van der Waals surface area contributed by atoms with Crippen molar-refractivity contribution in [3.63, 3.8) is 0 Å². The number of aromatic hydroxyl groups is 1. The molecule has 0 radical (unpaired) electrons. The van der Waals surface area contributed by atoms with E-state index >= 15 is 0 Å². The van der Waals surface area contributed by atoms with Gasteiger partial charge in [0.05, 0.1) is 3.57 Å². The summed E-state index contributed by atoms with van der Waals surface area (Å²) in [5, 5.41) is 9.66. The van der Waals surface area contributed by atoms with Gasteiger partial charge >= 0.3 is 11.9 Å². The molecule has 0 spiro atoms. The molecule has 1 N–H and O–H groups in total. The smallest absolute Gasteiger partial charge is 0.348 e. The van der Waals surface area contributed by atoms with Gasteiger partial charge in [-0.1, -0.05) is 0 Å². The van der Waals surface area contributed by atoms with Gasteiger partial charge in [-0.3, -0.25) is 0 Å². The summed E-state index contributed by atoms with van der Waals surface area (Å²) in [6.45, 7) is 2.84. The lowest BCUT2D eigenvalue weighted by Gasteiger charge is -2.29. The maximum absolute atomic E-state index is 13.5. The van der Waals surface area contributed by atoms with E-state index in [0.29, 0.717) is 0 Å². The molecule has 1 fully saturated rings. The van der Waals surface area contributed by atoms with E-state index in [1.807, 2.05) is 0 Å². The normalized spacial score (nSPS) is 17.5. The van der Waals surface area contributed by atoms with Crippen molar-refractivity contribution in [2.75, 3.05) is 0 Å². The molecule has 0 bridgehead atoms. The number of carbonyl (C=O) groups excluding carboxylic acids is 2. The molecule has 1 aliphatic heterocycles. The molecule has 106 valence electrons. The molecule has 0 atom stereocenters. The third-order valence-electron chi connectivity index (χ3n) is 2.52. The zero-order chi connectivity index (χ0) is 15.1. The Labute approximate surface area is 127 Å². The van der Waals surface area contributed by atoms with Gasteiger partial charge in [0.15, 0.2) is 11.6 Å². The van der Waals surface area contributed by atoms with E-state index in [0.717, 1.165) is 6.08 Å². The number of halogens is 2. The van der Waals surface area contributed by atoms with Crippen molar-refractivity contribution in [1.82, 2.24) is 0 Å². The van der Waals surface area contributed by atoms with E-state index in [4.69, 9.17) is 9.47 Å². The van der Waals surface area contributed by atoms with Gasteiger partial charge in [-0.15, -0.1) is 0 Å². The first-order valence-electron chi connectivity index (χ1n) is 5.56. The Kier molecular flexibility index (Phi) is 3.72. The van der Waals surface area contributed by atoms with Gasteiger partial charge in [0.25, 0.3) is 5.79 Å². The fraction of sp³-hybridized carbons (Fsp3) is 0.231. The minimum atomic E-state index is -1.34. The maximum Gasteiger partial charge on any atom is 0.348 e. The zero-order valence-corrected chi connectivity index (χ0v) is 12.7. The summed E-state index contributed by atoms with van der Waals surface area (Å²) in [5.74, 6) is -4.58. The van der Waals surface area contributed by atoms with Crippen molar-refractivity contribution in [2.45, 2.75) is 19.6 Å². The van der Waals surface area contributed by atoms with E-state index in [9.17, 15) is 19.1 Å². The lowest BCUT2D eigenvalue weighted by atomic mass is 10.1. The number of esters is 2. The average Bonchev–Trinajstić information content (AvgIpc) is 2.32. The number of cyclic esters (lactones) is 2. The van der Waals surface area contributed by atoms with Gasteiger partial charge in [0.2, 0.25) is 0 Å². The van der Waals surface area contributed by atoms with Crippen molar-refractivity contribution in [1.29, 1.82) is 0 Å². The Morgan fingerprint density at radius 2 is 1.80 bits per heavy atom. The van der Waals surface area contributed by atoms with Gasteiger partial charge < -0.3 is 14.6 Å². The number of phenols is 1. The van der Waals surface area contributed by atoms with E-state index in [1.165, 1.54) is 26.0 Å². The molecule has 1 aromatic carbocycles. The van der Waals surface area contributed by atoms with Crippen molar-refractivity contribution < 1.29 is 28.6 Å². The third-order valence-corrected chi connectivity index (χ3v) is 3.35. The highest BCUT2D eigenvalue weighted by Gasteiger charge is 2.39. The van der Waals surface area contributed by atoms with Crippen LogP contribution >= 0.6 is 22.6 Å². The molecule has 0 unspecified atom stereocenters. The Morgan fingerprint density at radius 3 is 2.35 bits per heavy atom. The molecule has 2 rings (SSSR count). The Balaban J connectivity index is 2.44. The molecule has 0 aromatic heterocycles. The highest BCUT2D eigenvalue weighted by Crippen LogP contribution is 2.30. The summed E-state index contributed by atoms with van der Waals surface area (Å²) in [6.07, 6.45) is 1.04. The van der Waals surface area contributed by atoms with Crippen molar-refractivity contribution in [3.05, 3.63) is 32.7 Å². The number of rotatable bonds is 1. The molecule has 1 aromatic rings. The molecule has 0 saturated carbocycles. The van der Waals surface area contributed by atoms with Crippen molar-refractivity contribution >= 4 is 40.6 Å². The predicted octanol–water partition coefficient (Wildman–Crippen LogP) is 2.36. The summed E-state index contributed by atoms with van der Waals surface area (Å²) in [7, 11) is 0. The monoisotopic (exact) mass is 392 g/mol. The molecule has 7 heteroatoms. The standard InChI is InChI=1S/C13H10FIO5/c1-13(2)19-11(17)7(12(18)20-13)5-6-3-4-8(15)9(14)10(6)16/h3-5,16H,1-2H3.